The van der Waals surface area contributed by atoms with Gasteiger partial charge in [0.15, 0.2) is 0 Å². The average Bonchev–Trinajstić information content (AvgIpc) is 2.41. The highest BCUT2D eigenvalue weighted by molar-refractivity contribution is 9.10. The van der Waals surface area contributed by atoms with Gasteiger partial charge in [0.2, 0.25) is 0 Å². The first-order valence-corrected chi connectivity index (χ1v) is 7.59. The van der Waals surface area contributed by atoms with Gasteiger partial charge in [-0.3, -0.25) is 0 Å². The molecule has 0 saturated carbocycles. The van der Waals surface area contributed by atoms with Crippen LogP contribution in [0.5, 0.6) is 11.5 Å². The fourth-order valence-electron chi connectivity index (χ4n) is 2.03. The Morgan fingerprint density at radius 2 is 1.65 bits per heavy atom. The molecule has 1 unspecified atom stereocenters. The molecular weight excluding hydrogens is 314 g/mol. The van der Waals surface area contributed by atoms with E-state index in [0.717, 1.165) is 21.5 Å². The minimum atomic E-state index is 0.0444. The third-order valence-corrected chi connectivity index (χ3v) is 3.72. The van der Waals surface area contributed by atoms with Gasteiger partial charge in [-0.05, 0) is 54.3 Å². The third-order valence-electron chi connectivity index (χ3n) is 3.23. The largest absolute Gasteiger partial charge is 0.457 e. The molecule has 0 saturated heterocycles. The Labute approximate surface area is 129 Å². The number of ether oxygens (including phenoxy) is 1. The van der Waals surface area contributed by atoms with Crippen LogP contribution in [0, 0.1) is 0 Å². The van der Waals surface area contributed by atoms with Gasteiger partial charge in [-0.25, -0.2) is 0 Å². The van der Waals surface area contributed by atoms with E-state index >= 15 is 0 Å². The van der Waals surface area contributed by atoms with E-state index < -0.39 is 0 Å². The number of nitrogens with two attached hydrogens (primary N) is 1. The lowest BCUT2D eigenvalue weighted by molar-refractivity contribution is 0.472. The summed E-state index contributed by atoms with van der Waals surface area (Å²) in [6, 6.07) is 14.1. The zero-order valence-corrected chi connectivity index (χ0v) is 13.6. The maximum absolute atomic E-state index is 6.00. The summed E-state index contributed by atoms with van der Waals surface area (Å²) < 4.78 is 7.07. The van der Waals surface area contributed by atoms with E-state index in [0.29, 0.717) is 5.92 Å². The van der Waals surface area contributed by atoms with E-state index in [1.807, 2.05) is 43.3 Å². The molecule has 0 fully saturated rings. The number of hydrogen-bond acceptors (Lipinski definition) is 2. The highest BCUT2D eigenvalue weighted by Crippen LogP contribution is 2.33. The van der Waals surface area contributed by atoms with Crippen LogP contribution in [0.4, 0.5) is 0 Å². The molecule has 20 heavy (non-hydrogen) atoms. The van der Waals surface area contributed by atoms with Crippen LogP contribution < -0.4 is 10.5 Å². The molecule has 106 valence electrons. The number of benzene rings is 2. The van der Waals surface area contributed by atoms with Crippen LogP contribution in [0.2, 0.25) is 0 Å². The molecule has 3 heteroatoms. The highest BCUT2D eigenvalue weighted by Gasteiger charge is 2.09. The van der Waals surface area contributed by atoms with E-state index in [2.05, 4.69) is 35.8 Å². The van der Waals surface area contributed by atoms with Crippen LogP contribution in [0.15, 0.2) is 46.9 Å². The second-order valence-corrected chi connectivity index (χ2v) is 6.21. The lowest BCUT2D eigenvalue weighted by Crippen LogP contribution is -2.04. The first kappa shape index (κ1) is 15.1. The van der Waals surface area contributed by atoms with Crippen molar-refractivity contribution in [3.05, 3.63) is 58.1 Å². The second kappa shape index (κ2) is 6.42. The van der Waals surface area contributed by atoms with Crippen LogP contribution in [0.1, 0.15) is 43.9 Å². The SMILES string of the molecule is CC(C)c1cc(Br)ccc1Oc1ccc(C(C)N)cc1. The van der Waals surface area contributed by atoms with Crippen molar-refractivity contribution in [2.24, 2.45) is 5.73 Å². The molecule has 0 aromatic heterocycles. The Kier molecular flexibility index (Phi) is 4.84. The lowest BCUT2D eigenvalue weighted by atomic mass is 10.0. The van der Waals surface area contributed by atoms with E-state index in [1.165, 1.54) is 5.56 Å². The number of halogens is 1. The normalized spacial score (nSPS) is 12.5. The third kappa shape index (κ3) is 3.62. The molecule has 2 aromatic carbocycles. The Hall–Kier alpha value is -1.32. The first-order valence-electron chi connectivity index (χ1n) is 6.80. The predicted octanol–water partition coefficient (Wildman–Crippen LogP) is 5.38. The summed E-state index contributed by atoms with van der Waals surface area (Å²) in [5.74, 6) is 2.14. The maximum Gasteiger partial charge on any atom is 0.130 e. The summed E-state index contributed by atoms with van der Waals surface area (Å²) in [7, 11) is 0. The first-order chi connectivity index (χ1) is 9.47. The van der Waals surface area contributed by atoms with Crippen molar-refractivity contribution in [3.8, 4) is 11.5 Å². The van der Waals surface area contributed by atoms with Gasteiger partial charge < -0.3 is 10.5 Å². The molecule has 2 nitrogen and oxygen atoms in total. The minimum absolute atomic E-state index is 0.0444. The fraction of sp³-hybridized carbons (Fsp3) is 0.294. The number of hydrogen-bond donors (Lipinski definition) is 1. The van der Waals surface area contributed by atoms with Gasteiger partial charge in [0.25, 0.3) is 0 Å². The van der Waals surface area contributed by atoms with Gasteiger partial charge in [0.05, 0.1) is 0 Å². The molecule has 2 N–H and O–H groups in total. The summed E-state index contributed by atoms with van der Waals surface area (Å²) >= 11 is 3.51. The summed E-state index contributed by atoms with van der Waals surface area (Å²) in [6.45, 7) is 6.29. The standard InChI is InChI=1S/C17H20BrNO/c1-11(2)16-10-14(18)6-9-17(16)20-15-7-4-13(5-8-15)12(3)19/h4-12H,19H2,1-3H3. The van der Waals surface area contributed by atoms with E-state index in [-0.39, 0.29) is 6.04 Å². The van der Waals surface area contributed by atoms with Gasteiger partial charge in [0, 0.05) is 10.5 Å². The molecule has 2 aromatic rings. The van der Waals surface area contributed by atoms with Crippen LogP contribution in [-0.4, -0.2) is 0 Å². The molecule has 1 atom stereocenters. The van der Waals surface area contributed by atoms with Gasteiger partial charge >= 0.3 is 0 Å². The van der Waals surface area contributed by atoms with Gasteiger partial charge in [-0.15, -0.1) is 0 Å². The van der Waals surface area contributed by atoms with E-state index in [9.17, 15) is 0 Å². The molecule has 0 radical (unpaired) electrons. The van der Waals surface area contributed by atoms with Gasteiger partial charge in [0.1, 0.15) is 11.5 Å². The smallest absolute Gasteiger partial charge is 0.130 e. The summed E-state index contributed by atoms with van der Waals surface area (Å²) in [5.41, 5.74) is 8.15. The average molecular weight is 334 g/mol. The number of rotatable bonds is 4. The highest BCUT2D eigenvalue weighted by atomic mass is 79.9. The zero-order chi connectivity index (χ0) is 14.7. The van der Waals surface area contributed by atoms with Crippen molar-refractivity contribution in [1.29, 1.82) is 0 Å². The van der Waals surface area contributed by atoms with Crippen molar-refractivity contribution < 1.29 is 4.74 Å². The Morgan fingerprint density at radius 3 is 2.20 bits per heavy atom. The minimum Gasteiger partial charge on any atom is -0.457 e. The predicted molar refractivity (Wildman–Crippen MR) is 87.3 cm³/mol. The topological polar surface area (TPSA) is 35.2 Å². The molecule has 0 bridgehead atoms. The van der Waals surface area contributed by atoms with Crippen molar-refractivity contribution in [2.75, 3.05) is 0 Å². The second-order valence-electron chi connectivity index (χ2n) is 5.30. The molecule has 0 aliphatic heterocycles. The molecule has 2 rings (SSSR count). The monoisotopic (exact) mass is 333 g/mol. The summed E-state index contributed by atoms with van der Waals surface area (Å²) in [4.78, 5) is 0. The quantitative estimate of drug-likeness (QED) is 0.814. The lowest BCUT2D eigenvalue weighted by Gasteiger charge is -2.15. The molecule has 0 aliphatic carbocycles. The fourth-order valence-corrected chi connectivity index (χ4v) is 2.41. The molecule has 0 amide bonds. The Bertz CT molecular complexity index is 576. The van der Waals surface area contributed by atoms with E-state index in [1.54, 1.807) is 0 Å². The molecule has 0 heterocycles. The zero-order valence-electron chi connectivity index (χ0n) is 12.1. The summed E-state index contributed by atoms with van der Waals surface area (Å²) in [6.07, 6.45) is 0. The summed E-state index contributed by atoms with van der Waals surface area (Å²) in [5, 5.41) is 0. The van der Waals surface area contributed by atoms with Crippen LogP contribution in [0.25, 0.3) is 0 Å². The maximum atomic E-state index is 6.00. The van der Waals surface area contributed by atoms with Crippen LogP contribution >= 0.6 is 15.9 Å². The Morgan fingerprint density at radius 1 is 1.00 bits per heavy atom. The molecule has 0 spiro atoms. The van der Waals surface area contributed by atoms with Crippen LogP contribution in [-0.2, 0) is 0 Å². The van der Waals surface area contributed by atoms with Gasteiger partial charge in [-0.1, -0.05) is 41.9 Å². The molecule has 0 aliphatic rings. The van der Waals surface area contributed by atoms with Crippen molar-refractivity contribution in [1.82, 2.24) is 0 Å². The van der Waals surface area contributed by atoms with Crippen molar-refractivity contribution in [2.45, 2.75) is 32.7 Å². The van der Waals surface area contributed by atoms with Crippen molar-refractivity contribution >= 4 is 15.9 Å². The van der Waals surface area contributed by atoms with Crippen molar-refractivity contribution in [3.63, 3.8) is 0 Å². The Balaban J connectivity index is 2.25. The van der Waals surface area contributed by atoms with Crippen LogP contribution in [0.3, 0.4) is 0 Å². The van der Waals surface area contributed by atoms with Gasteiger partial charge in [-0.2, -0.15) is 0 Å². The molecular formula is C17H20BrNO. The van der Waals surface area contributed by atoms with E-state index in [4.69, 9.17) is 10.5 Å².